The first-order chi connectivity index (χ1) is 10.8. The number of halogens is 2. The third kappa shape index (κ3) is 2.77. The minimum Gasteiger partial charge on any atom is -0.394 e. The van der Waals surface area contributed by atoms with Crippen LogP contribution in [-0.2, 0) is 9.84 Å². The van der Waals surface area contributed by atoms with Crippen molar-refractivity contribution in [3.63, 3.8) is 0 Å². The van der Waals surface area contributed by atoms with Crippen LogP contribution in [-0.4, -0.2) is 30.9 Å². The van der Waals surface area contributed by atoms with Crippen LogP contribution in [0.2, 0.25) is 10.0 Å². The topological polar surface area (TPSA) is 80.4 Å². The quantitative estimate of drug-likeness (QED) is 0.865. The van der Waals surface area contributed by atoms with Gasteiger partial charge >= 0.3 is 0 Å². The Labute approximate surface area is 144 Å². The summed E-state index contributed by atoms with van der Waals surface area (Å²) in [5, 5.41) is 9.76. The largest absolute Gasteiger partial charge is 0.394 e. The van der Waals surface area contributed by atoms with Crippen molar-refractivity contribution >= 4 is 33.0 Å². The van der Waals surface area contributed by atoms with Crippen LogP contribution in [0.25, 0.3) is 0 Å². The van der Waals surface area contributed by atoms with E-state index in [0.717, 1.165) is 5.56 Å². The first-order valence-electron chi connectivity index (χ1n) is 6.95. The van der Waals surface area contributed by atoms with Crippen molar-refractivity contribution in [1.82, 2.24) is 0 Å². The van der Waals surface area contributed by atoms with Gasteiger partial charge in [0.25, 0.3) is 0 Å². The van der Waals surface area contributed by atoms with Crippen molar-refractivity contribution in [3.8, 4) is 0 Å². The molecule has 7 heteroatoms. The molecule has 0 unspecified atom stereocenters. The summed E-state index contributed by atoms with van der Waals surface area (Å²) < 4.78 is 25.7. The number of hydrogen-bond donors (Lipinski definition) is 2. The lowest BCUT2D eigenvalue weighted by molar-refractivity contribution is 0.253. The number of aliphatic hydroxyl groups is 1. The highest BCUT2D eigenvalue weighted by atomic mass is 35.5. The first kappa shape index (κ1) is 16.7. The Morgan fingerprint density at radius 2 is 1.48 bits per heavy atom. The molecule has 0 bridgehead atoms. The fourth-order valence-corrected chi connectivity index (χ4v) is 5.56. The molecule has 0 saturated heterocycles. The Kier molecular flexibility index (Phi) is 4.19. The summed E-state index contributed by atoms with van der Waals surface area (Å²) in [5.41, 5.74) is 5.71. The summed E-state index contributed by atoms with van der Waals surface area (Å²) in [6, 6.07) is 12.8. The number of nitrogens with two attached hydrogens (primary N) is 1. The highest BCUT2D eigenvalue weighted by Gasteiger charge is 2.69. The molecule has 1 fully saturated rings. The Morgan fingerprint density at radius 3 is 1.96 bits per heavy atom. The molecule has 1 aliphatic carbocycles. The molecule has 122 valence electrons. The van der Waals surface area contributed by atoms with E-state index in [4.69, 9.17) is 28.9 Å². The molecule has 0 spiro atoms. The summed E-state index contributed by atoms with van der Waals surface area (Å²) in [4.78, 5) is 0.145. The summed E-state index contributed by atoms with van der Waals surface area (Å²) in [6.45, 7) is -0.419. The van der Waals surface area contributed by atoms with E-state index in [1.54, 1.807) is 24.3 Å². The first-order valence-corrected chi connectivity index (χ1v) is 9.25. The van der Waals surface area contributed by atoms with Crippen LogP contribution in [0, 0.1) is 0 Å². The molecule has 1 aliphatic rings. The second-order valence-corrected chi connectivity index (χ2v) is 8.66. The Balaban J connectivity index is 2.01. The highest BCUT2D eigenvalue weighted by molar-refractivity contribution is 7.92. The molecule has 0 aromatic heterocycles. The molecule has 1 saturated carbocycles. The summed E-state index contributed by atoms with van der Waals surface area (Å²) >= 11 is 11.7. The third-order valence-electron chi connectivity index (χ3n) is 4.28. The average molecular weight is 372 g/mol. The number of benzene rings is 2. The van der Waals surface area contributed by atoms with Gasteiger partial charge in [0.1, 0.15) is 0 Å². The van der Waals surface area contributed by atoms with Crippen molar-refractivity contribution in [2.45, 2.75) is 21.6 Å². The molecule has 3 N–H and O–H groups in total. The van der Waals surface area contributed by atoms with Gasteiger partial charge in [-0.2, -0.15) is 0 Å². The van der Waals surface area contributed by atoms with Gasteiger partial charge in [-0.25, -0.2) is 8.42 Å². The predicted octanol–water partition coefficient (Wildman–Crippen LogP) is 2.62. The van der Waals surface area contributed by atoms with E-state index in [2.05, 4.69) is 0 Å². The lowest BCUT2D eigenvalue weighted by Crippen LogP contribution is -2.35. The number of rotatable bonds is 4. The van der Waals surface area contributed by atoms with Gasteiger partial charge in [-0.3, -0.25) is 0 Å². The molecular formula is C16H15Cl2NO3S. The van der Waals surface area contributed by atoms with Gasteiger partial charge in [0.2, 0.25) is 0 Å². The summed E-state index contributed by atoms with van der Waals surface area (Å²) in [7, 11) is -3.69. The van der Waals surface area contributed by atoms with Gasteiger partial charge in [0.05, 0.1) is 22.3 Å². The van der Waals surface area contributed by atoms with Crippen LogP contribution >= 0.6 is 23.2 Å². The molecule has 4 nitrogen and oxygen atoms in total. The minimum atomic E-state index is -3.69. The maximum atomic E-state index is 12.9. The average Bonchev–Trinajstić information content (AvgIpc) is 3.16. The van der Waals surface area contributed by atoms with E-state index >= 15 is 0 Å². The maximum absolute atomic E-state index is 12.9. The second-order valence-electron chi connectivity index (χ2n) is 5.72. The lowest BCUT2D eigenvalue weighted by atomic mass is 10.1. The van der Waals surface area contributed by atoms with E-state index in [9.17, 15) is 13.5 Å². The van der Waals surface area contributed by atoms with Gasteiger partial charge in [-0.05, 0) is 42.0 Å². The molecule has 0 aliphatic heterocycles. The number of hydrogen-bond acceptors (Lipinski definition) is 4. The van der Waals surface area contributed by atoms with Gasteiger partial charge in [0, 0.05) is 16.0 Å². The van der Waals surface area contributed by atoms with Crippen molar-refractivity contribution in [2.75, 3.05) is 6.61 Å². The fourth-order valence-electron chi connectivity index (χ4n) is 3.01. The van der Waals surface area contributed by atoms with Crippen LogP contribution in [0.15, 0.2) is 53.4 Å². The molecule has 3 atom stereocenters. The minimum absolute atomic E-state index is 0.145. The summed E-state index contributed by atoms with van der Waals surface area (Å²) in [6.07, 6.45) is 0. The van der Waals surface area contributed by atoms with E-state index in [-0.39, 0.29) is 4.90 Å². The number of sulfone groups is 1. The predicted molar refractivity (Wildman–Crippen MR) is 90.6 cm³/mol. The van der Waals surface area contributed by atoms with Gasteiger partial charge in [0.15, 0.2) is 9.84 Å². The van der Waals surface area contributed by atoms with Gasteiger partial charge < -0.3 is 10.8 Å². The SMILES string of the molecule is N[C@@]1(CO)[C@@H](c2ccc(Cl)cc2)[C@@H]1S(=O)(=O)c1ccc(Cl)cc1. The lowest BCUT2D eigenvalue weighted by Gasteiger charge is -2.08. The van der Waals surface area contributed by atoms with E-state index in [0.29, 0.717) is 10.0 Å². The highest BCUT2D eigenvalue weighted by Crippen LogP contribution is 2.55. The maximum Gasteiger partial charge on any atom is 0.183 e. The van der Waals surface area contributed by atoms with Crippen LogP contribution in [0.1, 0.15) is 11.5 Å². The zero-order valence-corrected chi connectivity index (χ0v) is 14.3. The van der Waals surface area contributed by atoms with E-state index < -0.39 is 33.2 Å². The standard InChI is InChI=1S/C16H15Cl2NO3S/c17-11-3-1-10(2-4-11)14-15(16(14,19)9-20)23(21,22)13-7-5-12(18)6-8-13/h1-8,14-15,20H,9,19H2/t14-,15-,16-/m0/s1. The summed E-state index contributed by atoms with van der Waals surface area (Å²) in [5.74, 6) is -0.481. The monoisotopic (exact) mass is 371 g/mol. The molecule has 23 heavy (non-hydrogen) atoms. The smallest absolute Gasteiger partial charge is 0.183 e. The number of aliphatic hydroxyl groups excluding tert-OH is 1. The van der Waals surface area contributed by atoms with Gasteiger partial charge in [-0.15, -0.1) is 0 Å². The molecule has 0 amide bonds. The Hall–Kier alpha value is -1.11. The molecule has 0 radical (unpaired) electrons. The van der Waals surface area contributed by atoms with Gasteiger partial charge in [-0.1, -0.05) is 35.3 Å². The van der Waals surface area contributed by atoms with E-state index in [1.165, 1.54) is 24.3 Å². The van der Waals surface area contributed by atoms with Crippen molar-refractivity contribution < 1.29 is 13.5 Å². The van der Waals surface area contributed by atoms with Crippen LogP contribution in [0.4, 0.5) is 0 Å². The molecule has 3 rings (SSSR count). The molecular weight excluding hydrogens is 357 g/mol. The normalized spacial score (nSPS) is 27.0. The zero-order chi connectivity index (χ0) is 16.8. The Bertz CT molecular complexity index is 821. The fraction of sp³-hybridized carbons (Fsp3) is 0.250. The Morgan fingerprint density at radius 1 is 1.00 bits per heavy atom. The van der Waals surface area contributed by atoms with Crippen LogP contribution in [0.3, 0.4) is 0 Å². The van der Waals surface area contributed by atoms with E-state index in [1.807, 2.05) is 0 Å². The van der Waals surface area contributed by atoms with Crippen molar-refractivity contribution in [1.29, 1.82) is 0 Å². The zero-order valence-electron chi connectivity index (χ0n) is 12.0. The van der Waals surface area contributed by atoms with Crippen LogP contribution in [0.5, 0.6) is 0 Å². The third-order valence-corrected chi connectivity index (χ3v) is 7.09. The van der Waals surface area contributed by atoms with Crippen molar-refractivity contribution in [2.24, 2.45) is 5.73 Å². The van der Waals surface area contributed by atoms with Crippen molar-refractivity contribution in [3.05, 3.63) is 64.1 Å². The molecule has 2 aromatic carbocycles. The molecule has 0 heterocycles. The second kappa shape index (κ2) is 5.76. The van der Waals surface area contributed by atoms with Crippen LogP contribution < -0.4 is 5.73 Å². The molecule has 2 aromatic rings.